The van der Waals surface area contributed by atoms with Crippen molar-refractivity contribution in [3.63, 3.8) is 0 Å². The summed E-state index contributed by atoms with van der Waals surface area (Å²) < 4.78 is 28.8. The number of halogens is 1. The molecular weight excluding hydrogens is 454 g/mol. The third-order valence-electron chi connectivity index (χ3n) is 4.46. The fourth-order valence-electron chi connectivity index (χ4n) is 3.12. The molecule has 0 fully saturated rings. The van der Waals surface area contributed by atoms with E-state index >= 15 is 0 Å². The van der Waals surface area contributed by atoms with Gasteiger partial charge in [0.15, 0.2) is 5.13 Å². The zero-order chi connectivity index (χ0) is 22.8. The minimum atomic E-state index is -3.63. The van der Waals surface area contributed by atoms with E-state index in [9.17, 15) is 13.2 Å². The molecule has 31 heavy (non-hydrogen) atoms. The van der Waals surface area contributed by atoms with Gasteiger partial charge >= 0.3 is 0 Å². The SMILES string of the molecule is CC(C)CN(CC(C)C)S(=O)(=O)c1ccc2nc(NC(=O)c3ccc(Cl)cc3)sc2c1. The molecule has 6 nitrogen and oxygen atoms in total. The molecule has 166 valence electrons. The van der Waals surface area contributed by atoms with Gasteiger partial charge in [0, 0.05) is 23.7 Å². The molecule has 0 radical (unpaired) electrons. The second kappa shape index (κ2) is 9.65. The summed E-state index contributed by atoms with van der Waals surface area (Å²) in [7, 11) is -3.63. The first-order valence-corrected chi connectivity index (χ1v) is 12.7. The van der Waals surface area contributed by atoms with Crippen molar-refractivity contribution in [2.75, 3.05) is 18.4 Å². The Morgan fingerprint density at radius 3 is 2.26 bits per heavy atom. The van der Waals surface area contributed by atoms with Gasteiger partial charge in [0.2, 0.25) is 10.0 Å². The van der Waals surface area contributed by atoms with Crippen LogP contribution in [0.3, 0.4) is 0 Å². The molecule has 0 unspecified atom stereocenters. The summed E-state index contributed by atoms with van der Waals surface area (Å²) in [5.41, 5.74) is 1.10. The molecule has 0 saturated heterocycles. The number of benzene rings is 2. The fourth-order valence-corrected chi connectivity index (χ4v) is 6.02. The largest absolute Gasteiger partial charge is 0.298 e. The van der Waals surface area contributed by atoms with Crippen LogP contribution in [0.15, 0.2) is 47.4 Å². The topological polar surface area (TPSA) is 79.4 Å². The standard InChI is InChI=1S/C22H26ClN3O3S2/c1-14(2)12-26(13-15(3)4)31(28,29)18-9-10-19-20(11-18)30-22(24-19)25-21(27)16-5-7-17(23)8-6-16/h5-11,14-15H,12-13H2,1-4H3,(H,24,25,27). The molecule has 1 aromatic heterocycles. The van der Waals surface area contributed by atoms with Gasteiger partial charge in [-0.25, -0.2) is 13.4 Å². The smallest absolute Gasteiger partial charge is 0.257 e. The predicted molar refractivity (Wildman–Crippen MR) is 127 cm³/mol. The average molecular weight is 480 g/mol. The molecule has 2 aromatic carbocycles. The lowest BCUT2D eigenvalue weighted by Crippen LogP contribution is -2.37. The molecule has 1 heterocycles. The van der Waals surface area contributed by atoms with Gasteiger partial charge in [-0.15, -0.1) is 0 Å². The van der Waals surface area contributed by atoms with Crippen LogP contribution in [-0.2, 0) is 10.0 Å². The zero-order valence-corrected chi connectivity index (χ0v) is 20.3. The number of hydrogen-bond donors (Lipinski definition) is 1. The molecule has 0 bridgehead atoms. The number of amides is 1. The highest BCUT2D eigenvalue weighted by Gasteiger charge is 2.26. The number of sulfonamides is 1. The second-order valence-electron chi connectivity index (χ2n) is 8.22. The summed E-state index contributed by atoms with van der Waals surface area (Å²) in [5.74, 6) is 0.134. The molecule has 3 rings (SSSR count). The molecule has 1 N–H and O–H groups in total. The van der Waals surface area contributed by atoms with Crippen molar-refractivity contribution >= 4 is 54.2 Å². The number of nitrogens with zero attached hydrogens (tertiary/aromatic N) is 2. The van der Waals surface area contributed by atoms with Crippen molar-refractivity contribution in [2.24, 2.45) is 11.8 Å². The number of thiazole rings is 1. The summed E-state index contributed by atoms with van der Waals surface area (Å²) in [6, 6.07) is 11.4. The zero-order valence-electron chi connectivity index (χ0n) is 17.9. The Morgan fingerprint density at radius 2 is 1.68 bits per heavy atom. The van der Waals surface area contributed by atoms with Crippen LogP contribution in [0.2, 0.25) is 5.02 Å². The first-order valence-electron chi connectivity index (χ1n) is 10.0. The highest BCUT2D eigenvalue weighted by molar-refractivity contribution is 7.89. The Morgan fingerprint density at radius 1 is 1.06 bits per heavy atom. The molecule has 0 saturated carbocycles. The summed E-state index contributed by atoms with van der Waals surface area (Å²) >= 11 is 7.11. The monoisotopic (exact) mass is 479 g/mol. The molecule has 0 spiro atoms. The highest BCUT2D eigenvalue weighted by atomic mass is 35.5. The van der Waals surface area contributed by atoms with E-state index in [0.29, 0.717) is 39.0 Å². The Balaban J connectivity index is 1.87. The number of aromatic nitrogens is 1. The molecule has 9 heteroatoms. The number of rotatable bonds is 8. The number of nitrogens with one attached hydrogen (secondary N) is 1. The van der Waals surface area contributed by atoms with Crippen LogP contribution >= 0.6 is 22.9 Å². The van der Waals surface area contributed by atoms with Gasteiger partial charge in [-0.05, 0) is 54.3 Å². The van der Waals surface area contributed by atoms with Gasteiger partial charge in [0.25, 0.3) is 5.91 Å². The van der Waals surface area contributed by atoms with Gasteiger partial charge in [-0.2, -0.15) is 4.31 Å². The maximum Gasteiger partial charge on any atom is 0.257 e. The van der Waals surface area contributed by atoms with Crippen molar-refractivity contribution in [3.8, 4) is 0 Å². The van der Waals surface area contributed by atoms with E-state index in [-0.39, 0.29) is 22.6 Å². The number of carbonyl (C=O) groups excluding carboxylic acids is 1. The maximum atomic E-state index is 13.3. The van der Waals surface area contributed by atoms with E-state index in [4.69, 9.17) is 11.6 Å². The molecule has 3 aromatic rings. The average Bonchev–Trinajstić information content (AvgIpc) is 3.08. The predicted octanol–water partition coefficient (Wildman–Crippen LogP) is 5.50. The maximum absolute atomic E-state index is 13.3. The number of fused-ring (bicyclic) bond motifs is 1. The van der Waals surface area contributed by atoms with Gasteiger partial charge in [0.05, 0.1) is 15.1 Å². The quantitative estimate of drug-likeness (QED) is 0.462. The summed E-state index contributed by atoms with van der Waals surface area (Å²) in [6.45, 7) is 8.94. The first-order chi connectivity index (χ1) is 14.6. The van der Waals surface area contributed by atoms with E-state index in [2.05, 4.69) is 10.3 Å². The molecule has 0 atom stereocenters. The molecule has 0 aliphatic rings. The van der Waals surface area contributed by atoms with Crippen LogP contribution in [0.5, 0.6) is 0 Å². The van der Waals surface area contributed by atoms with Crippen LogP contribution in [0, 0.1) is 11.8 Å². The number of carbonyl (C=O) groups is 1. The highest BCUT2D eigenvalue weighted by Crippen LogP contribution is 2.30. The van der Waals surface area contributed by atoms with Crippen LogP contribution in [0.4, 0.5) is 5.13 Å². The third kappa shape index (κ3) is 5.83. The van der Waals surface area contributed by atoms with Gasteiger partial charge < -0.3 is 0 Å². The summed E-state index contributed by atoms with van der Waals surface area (Å²) in [5, 5.41) is 3.72. The Bertz CT molecular complexity index is 1160. The number of hydrogen-bond acceptors (Lipinski definition) is 5. The van der Waals surface area contributed by atoms with Crippen molar-refractivity contribution in [1.82, 2.24) is 9.29 Å². The normalized spacial score (nSPS) is 12.3. The van der Waals surface area contributed by atoms with Crippen molar-refractivity contribution in [2.45, 2.75) is 32.6 Å². The second-order valence-corrected chi connectivity index (χ2v) is 11.6. The lowest BCUT2D eigenvalue weighted by atomic mass is 10.2. The Labute approximate surface area is 192 Å². The minimum Gasteiger partial charge on any atom is -0.298 e. The summed E-state index contributed by atoms with van der Waals surface area (Å²) in [4.78, 5) is 17.1. The molecule has 0 aliphatic carbocycles. The van der Waals surface area contributed by atoms with Crippen LogP contribution in [-0.4, -0.2) is 36.7 Å². The molecule has 1 amide bonds. The summed E-state index contributed by atoms with van der Waals surface area (Å²) in [6.07, 6.45) is 0. The Kier molecular flexibility index (Phi) is 7.36. The van der Waals surface area contributed by atoms with Crippen LogP contribution in [0.1, 0.15) is 38.1 Å². The third-order valence-corrected chi connectivity index (χ3v) is 7.48. The van der Waals surface area contributed by atoms with Gasteiger partial charge in [-0.3, -0.25) is 10.1 Å². The lowest BCUT2D eigenvalue weighted by Gasteiger charge is -2.25. The van der Waals surface area contributed by atoms with Crippen molar-refractivity contribution < 1.29 is 13.2 Å². The van der Waals surface area contributed by atoms with Crippen molar-refractivity contribution in [3.05, 3.63) is 53.1 Å². The lowest BCUT2D eigenvalue weighted by molar-refractivity contribution is 0.102. The van der Waals surface area contributed by atoms with E-state index in [1.165, 1.54) is 11.3 Å². The molecular formula is C22H26ClN3O3S2. The van der Waals surface area contributed by atoms with E-state index in [1.807, 2.05) is 27.7 Å². The van der Waals surface area contributed by atoms with Crippen LogP contribution < -0.4 is 5.32 Å². The van der Waals surface area contributed by atoms with E-state index in [0.717, 1.165) is 0 Å². The van der Waals surface area contributed by atoms with Crippen molar-refractivity contribution in [1.29, 1.82) is 0 Å². The van der Waals surface area contributed by atoms with Crippen LogP contribution in [0.25, 0.3) is 10.2 Å². The Hall–Kier alpha value is -2.00. The minimum absolute atomic E-state index is 0.218. The fraction of sp³-hybridized carbons (Fsp3) is 0.364. The number of anilines is 1. The molecule has 0 aliphatic heterocycles. The van der Waals surface area contributed by atoms with E-state index < -0.39 is 10.0 Å². The van der Waals surface area contributed by atoms with Gasteiger partial charge in [0.1, 0.15) is 0 Å². The van der Waals surface area contributed by atoms with Gasteiger partial charge in [-0.1, -0.05) is 50.6 Å². The van der Waals surface area contributed by atoms with E-state index in [1.54, 1.807) is 46.8 Å². The first kappa shape index (κ1) is 23.7.